The monoisotopic (exact) mass is 976 g/mol. The van der Waals surface area contributed by atoms with Crippen molar-refractivity contribution in [1.82, 2.24) is 14.5 Å². The van der Waals surface area contributed by atoms with Crippen LogP contribution in [0.25, 0.3) is 72.3 Å². The molecule has 0 aliphatic carbocycles. The van der Waals surface area contributed by atoms with Crippen molar-refractivity contribution >= 4 is 33.0 Å². The Morgan fingerprint density at radius 1 is 0.639 bits per heavy atom. The summed E-state index contributed by atoms with van der Waals surface area (Å²) < 4.78 is 26.9. The minimum atomic E-state index is -0.335. The van der Waals surface area contributed by atoms with Gasteiger partial charge < -0.3 is 13.7 Å². The van der Waals surface area contributed by atoms with Gasteiger partial charge in [0.25, 0.3) is 0 Å². The molecule has 0 saturated carbocycles. The van der Waals surface area contributed by atoms with Crippen molar-refractivity contribution in [1.29, 1.82) is 0 Å². The number of furan rings is 1. The molecule has 303 valence electrons. The van der Waals surface area contributed by atoms with Crippen molar-refractivity contribution in [2.45, 2.75) is 39.5 Å². The van der Waals surface area contributed by atoms with Crippen LogP contribution in [-0.2, 0) is 20.1 Å². The third-order valence-electron chi connectivity index (χ3n) is 10.7. The molecule has 0 spiro atoms. The van der Waals surface area contributed by atoms with Crippen LogP contribution in [0.3, 0.4) is 0 Å². The number of pyridine rings is 1. The first-order valence-corrected chi connectivity index (χ1v) is 20.2. The molecular formula is C54H42FIrN3O2-2. The van der Waals surface area contributed by atoms with Gasteiger partial charge in [-0.3, -0.25) is 9.37 Å². The SMILES string of the molecule is CC(C)c1cc(-c2ccccc2)cc(C(C)C)c1-n1c(-c2[c-]ccc3c2oc2cc(-c4ccccc4)ccc23)nc2ccccc21.Fc1c[c-]c(Oc2ccccn2)cc1.[Ir]. The third-order valence-corrected chi connectivity index (χ3v) is 10.7. The summed E-state index contributed by atoms with van der Waals surface area (Å²) in [6.45, 7) is 9.14. The van der Waals surface area contributed by atoms with Gasteiger partial charge in [-0.1, -0.05) is 130 Å². The van der Waals surface area contributed by atoms with Crippen molar-refractivity contribution in [2.75, 3.05) is 0 Å². The number of rotatable bonds is 8. The molecule has 0 aliphatic heterocycles. The number of ether oxygens (including phenoxy) is 1. The Labute approximate surface area is 368 Å². The first kappa shape index (κ1) is 41.1. The van der Waals surface area contributed by atoms with Crippen LogP contribution in [0, 0.1) is 17.9 Å². The molecule has 10 rings (SSSR count). The predicted molar refractivity (Wildman–Crippen MR) is 241 cm³/mol. The molecule has 5 nitrogen and oxygen atoms in total. The van der Waals surface area contributed by atoms with Gasteiger partial charge in [0.15, 0.2) is 0 Å². The fourth-order valence-corrected chi connectivity index (χ4v) is 7.73. The van der Waals surface area contributed by atoms with Gasteiger partial charge >= 0.3 is 0 Å². The molecule has 0 atom stereocenters. The van der Waals surface area contributed by atoms with Crippen molar-refractivity contribution in [3.8, 4) is 51.0 Å². The van der Waals surface area contributed by atoms with Crippen LogP contribution in [-0.4, -0.2) is 14.5 Å². The van der Waals surface area contributed by atoms with E-state index < -0.39 is 0 Å². The fourth-order valence-electron chi connectivity index (χ4n) is 7.73. The van der Waals surface area contributed by atoms with E-state index in [2.05, 4.69) is 165 Å². The zero-order chi connectivity index (χ0) is 41.2. The molecule has 7 heteroatoms. The molecule has 0 amide bonds. The summed E-state index contributed by atoms with van der Waals surface area (Å²) in [4.78, 5) is 9.26. The number of para-hydroxylation sites is 2. The third kappa shape index (κ3) is 8.40. The second-order valence-corrected chi connectivity index (χ2v) is 15.4. The van der Waals surface area contributed by atoms with E-state index in [0.29, 0.717) is 11.6 Å². The molecule has 3 aromatic heterocycles. The molecule has 0 fully saturated rings. The summed E-state index contributed by atoms with van der Waals surface area (Å²) in [7, 11) is 0. The maximum absolute atomic E-state index is 12.5. The standard InChI is InChI=1S/C43H35N2O.C11H7FNO.Ir/c1-27(2)36-24-32(30-16-9-6-10-17-30)25-37(28(3)4)41(36)45-39-21-12-11-20-38(39)44-43(45)35-19-13-18-34-33-23-22-31(26-40(33)46-42(34)35)29-14-7-5-8-15-29;12-9-4-6-10(7-5-9)14-11-3-1-2-8-13-11;/h5-18,20-28H,1-4H3;1-6,8H;/q2*-1;. The van der Waals surface area contributed by atoms with E-state index in [-0.39, 0.29) is 37.8 Å². The summed E-state index contributed by atoms with van der Waals surface area (Å²) in [6, 6.07) is 60.5. The summed E-state index contributed by atoms with van der Waals surface area (Å²) in [5.74, 6) is 1.99. The second kappa shape index (κ2) is 17.9. The van der Waals surface area contributed by atoms with Crippen molar-refractivity contribution in [3.05, 3.63) is 199 Å². The maximum atomic E-state index is 12.5. The number of halogens is 1. The van der Waals surface area contributed by atoms with E-state index in [1.165, 1.54) is 51.7 Å². The van der Waals surface area contributed by atoms with Crippen LogP contribution < -0.4 is 4.74 Å². The van der Waals surface area contributed by atoms with Crippen LogP contribution in [0.4, 0.5) is 4.39 Å². The van der Waals surface area contributed by atoms with E-state index in [1.807, 2.05) is 18.2 Å². The van der Waals surface area contributed by atoms with Gasteiger partial charge in [0, 0.05) is 55.0 Å². The number of aromatic nitrogens is 3. The van der Waals surface area contributed by atoms with Gasteiger partial charge in [-0.2, -0.15) is 0 Å². The number of fused-ring (bicyclic) bond motifs is 4. The smallest absolute Gasteiger partial charge is 0.216 e. The van der Waals surface area contributed by atoms with Crippen LogP contribution in [0.5, 0.6) is 11.6 Å². The van der Waals surface area contributed by atoms with Crippen molar-refractivity contribution in [2.24, 2.45) is 0 Å². The maximum Gasteiger partial charge on any atom is 0.216 e. The fraction of sp³-hybridized carbons (Fsp3) is 0.111. The molecule has 3 heterocycles. The number of hydrogen-bond donors (Lipinski definition) is 0. The van der Waals surface area contributed by atoms with E-state index in [4.69, 9.17) is 14.1 Å². The van der Waals surface area contributed by atoms with Crippen LogP contribution >= 0.6 is 0 Å². The molecule has 1 radical (unpaired) electrons. The second-order valence-electron chi connectivity index (χ2n) is 15.4. The molecule has 0 saturated heterocycles. The Balaban J connectivity index is 0.000000291. The molecule has 0 N–H and O–H groups in total. The Hall–Kier alpha value is -6.66. The summed E-state index contributed by atoms with van der Waals surface area (Å²) >= 11 is 0. The predicted octanol–water partition coefficient (Wildman–Crippen LogP) is 14.8. The molecule has 61 heavy (non-hydrogen) atoms. The van der Waals surface area contributed by atoms with E-state index in [0.717, 1.165) is 49.9 Å². The Bertz CT molecular complexity index is 3040. The average molecular weight is 976 g/mol. The van der Waals surface area contributed by atoms with Gasteiger partial charge in [0.05, 0.1) is 22.4 Å². The topological polar surface area (TPSA) is 53.1 Å². The van der Waals surface area contributed by atoms with Gasteiger partial charge in [-0.05, 0) is 81.6 Å². The average Bonchev–Trinajstić information content (AvgIpc) is 3.86. The quantitative estimate of drug-likeness (QED) is 0.142. The summed E-state index contributed by atoms with van der Waals surface area (Å²) in [5, 5.41) is 2.15. The van der Waals surface area contributed by atoms with Crippen molar-refractivity contribution in [3.63, 3.8) is 0 Å². The molecule has 0 bridgehead atoms. The zero-order valence-corrected chi connectivity index (χ0v) is 36.6. The number of imidazole rings is 1. The Kier molecular flexibility index (Phi) is 12.1. The normalized spacial score (nSPS) is 11.2. The van der Waals surface area contributed by atoms with Gasteiger partial charge in [-0.15, -0.1) is 42.5 Å². The van der Waals surface area contributed by atoms with Crippen molar-refractivity contribution < 1.29 is 33.6 Å². The molecule has 0 unspecified atom stereocenters. The molecule has 7 aromatic carbocycles. The van der Waals surface area contributed by atoms with Gasteiger partial charge in [0.1, 0.15) is 5.58 Å². The van der Waals surface area contributed by atoms with Crippen LogP contribution in [0.1, 0.15) is 50.7 Å². The minimum absolute atomic E-state index is 0. The van der Waals surface area contributed by atoms with E-state index in [1.54, 1.807) is 18.3 Å². The molecular weight excluding hydrogens is 934 g/mol. The molecule has 0 aliphatic rings. The largest absolute Gasteiger partial charge is 0.501 e. The summed E-state index contributed by atoms with van der Waals surface area (Å²) in [6.07, 6.45) is 1.62. The number of benzene rings is 7. The molecule has 10 aromatic rings. The zero-order valence-electron chi connectivity index (χ0n) is 34.2. The van der Waals surface area contributed by atoms with Gasteiger partial charge in [-0.25, -0.2) is 4.98 Å². The summed E-state index contributed by atoms with van der Waals surface area (Å²) in [5.41, 5.74) is 13.1. The van der Waals surface area contributed by atoms with Crippen LogP contribution in [0.2, 0.25) is 0 Å². The number of hydrogen-bond acceptors (Lipinski definition) is 4. The van der Waals surface area contributed by atoms with E-state index in [9.17, 15) is 4.39 Å². The first-order chi connectivity index (χ1) is 29.3. The first-order valence-electron chi connectivity index (χ1n) is 20.2. The Morgan fingerprint density at radius 3 is 1.97 bits per heavy atom. The van der Waals surface area contributed by atoms with Gasteiger partial charge in [0.2, 0.25) is 5.88 Å². The van der Waals surface area contributed by atoms with E-state index >= 15 is 0 Å². The minimum Gasteiger partial charge on any atom is -0.501 e. The Morgan fingerprint density at radius 2 is 1.31 bits per heavy atom. The van der Waals surface area contributed by atoms with Crippen LogP contribution in [0.15, 0.2) is 174 Å². The number of nitrogens with zero attached hydrogens (tertiary/aromatic N) is 3.